The average molecular weight is 209 g/mol. The van der Waals surface area contributed by atoms with Gasteiger partial charge in [0, 0.05) is 5.56 Å². The van der Waals surface area contributed by atoms with Crippen molar-refractivity contribution in [1.82, 2.24) is 5.16 Å². The zero-order valence-electron chi connectivity index (χ0n) is 9.04. The maximum Gasteiger partial charge on any atom is 0.311 e. The third kappa shape index (κ3) is 2.03. The average Bonchev–Trinajstić information content (AvgIpc) is 2.45. The fraction of sp³-hybridized carbons (Fsp3) is 0.636. The van der Waals surface area contributed by atoms with Crippen molar-refractivity contribution in [3.63, 3.8) is 0 Å². The minimum atomic E-state index is -0.862. The Labute approximate surface area is 88.3 Å². The third-order valence-corrected chi connectivity index (χ3v) is 2.96. The topological polar surface area (TPSA) is 63.3 Å². The second kappa shape index (κ2) is 3.36. The standard InChI is InChI=1S/C11H15NO3/c1-11(2)4-3-7-8(6-11)12-15-9(7)5-10(13)14/h3-6H2,1-2H3,(H,13,14). The first kappa shape index (κ1) is 10.2. The fourth-order valence-corrected chi connectivity index (χ4v) is 2.09. The second-order valence-corrected chi connectivity index (χ2v) is 4.94. The molecule has 0 fully saturated rings. The van der Waals surface area contributed by atoms with Gasteiger partial charge in [0.05, 0.1) is 5.69 Å². The van der Waals surface area contributed by atoms with Crippen molar-refractivity contribution >= 4 is 5.97 Å². The Balaban J connectivity index is 2.26. The molecule has 1 aromatic heterocycles. The molecule has 0 saturated heterocycles. The summed E-state index contributed by atoms with van der Waals surface area (Å²) in [7, 11) is 0. The summed E-state index contributed by atoms with van der Waals surface area (Å²) in [6.07, 6.45) is 2.77. The summed E-state index contributed by atoms with van der Waals surface area (Å²) in [5.74, 6) is -0.327. The van der Waals surface area contributed by atoms with E-state index in [9.17, 15) is 4.79 Å². The van der Waals surface area contributed by atoms with Gasteiger partial charge in [0.2, 0.25) is 0 Å². The molecule has 0 bridgehead atoms. The fourth-order valence-electron chi connectivity index (χ4n) is 2.09. The zero-order chi connectivity index (χ0) is 11.1. The van der Waals surface area contributed by atoms with E-state index in [1.807, 2.05) is 0 Å². The van der Waals surface area contributed by atoms with Gasteiger partial charge in [0.15, 0.2) is 5.76 Å². The van der Waals surface area contributed by atoms with Crippen LogP contribution in [0.2, 0.25) is 0 Å². The van der Waals surface area contributed by atoms with Gasteiger partial charge in [0.25, 0.3) is 0 Å². The molecule has 82 valence electrons. The molecule has 1 aliphatic rings. The molecule has 1 aromatic rings. The summed E-state index contributed by atoms with van der Waals surface area (Å²) in [5, 5.41) is 12.7. The molecule has 2 rings (SSSR count). The largest absolute Gasteiger partial charge is 0.481 e. The predicted octanol–water partition coefficient (Wildman–Crippen LogP) is 1.82. The highest BCUT2D eigenvalue weighted by atomic mass is 16.5. The van der Waals surface area contributed by atoms with Crippen molar-refractivity contribution in [3.8, 4) is 0 Å². The maximum absolute atomic E-state index is 10.6. The van der Waals surface area contributed by atoms with Gasteiger partial charge in [-0.15, -0.1) is 0 Å². The first-order valence-corrected chi connectivity index (χ1v) is 5.16. The number of carboxylic acids is 1. The summed E-state index contributed by atoms with van der Waals surface area (Å²) in [6.45, 7) is 4.39. The Hall–Kier alpha value is -1.32. The number of aliphatic carboxylic acids is 1. The monoisotopic (exact) mass is 209 g/mol. The van der Waals surface area contributed by atoms with E-state index in [1.54, 1.807) is 0 Å². The van der Waals surface area contributed by atoms with Gasteiger partial charge in [-0.3, -0.25) is 4.79 Å². The highest BCUT2D eigenvalue weighted by Gasteiger charge is 2.30. The molecule has 1 aliphatic carbocycles. The van der Waals surface area contributed by atoms with Crippen molar-refractivity contribution < 1.29 is 14.4 Å². The van der Waals surface area contributed by atoms with Gasteiger partial charge in [-0.1, -0.05) is 19.0 Å². The Kier molecular flexibility index (Phi) is 2.29. The first-order valence-electron chi connectivity index (χ1n) is 5.16. The van der Waals surface area contributed by atoms with Gasteiger partial charge in [0.1, 0.15) is 6.42 Å². The van der Waals surface area contributed by atoms with Crippen molar-refractivity contribution in [2.45, 2.75) is 39.5 Å². The van der Waals surface area contributed by atoms with Gasteiger partial charge in [-0.05, 0) is 24.7 Å². The summed E-state index contributed by atoms with van der Waals surface area (Å²) in [4.78, 5) is 10.6. The van der Waals surface area contributed by atoms with Crippen LogP contribution in [0.3, 0.4) is 0 Å². The second-order valence-electron chi connectivity index (χ2n) is 4.94. The highest BCUT2D eigenvalue weighted by molar-refractivity contribution is 5.69. The predicted molar refractivity (Wildman–Crippen MR) is 53.6 cm³/mol. The van der Waals surface area contributed by atoms with E-state index in [4.69, 9.17) is 9.63 Å². The molecule has 0 unspecified atom stereocenters. The van der Waals surface area contributed by atoms with Crippen LogP contribution in [-0.2, 0) is 24.1 Å². The van der Waals surface area contributed by atoms with E-state index in [-0.39, 0.29) is 11.8 Å². The van der Waals surface area contributed by atoms with E-state index < -0.39 is 5.97 Å². The van der Waals surface area contributed by atoms with Crippen LogP contribution in [0, 0.1) is 5.41 Å². The lowest BCUT2D eigenvalue weighted by Gasteiger charge is -2.27. The summed E-state index contributed by atoms with van der Waals surface area (Å²) < 4.78 is 5.09. The minimum absolute atomic E-state index is 0.0528. The van der Waals surface area contributed by atoms with Gasteiger partial charge >= 0.3 is 5.97 Å². The summed E-state index contributed by atoms with van der Waals surface area (Å²) in [6, 6.07) is 0. The number of aromatic nitrogens is 1. The molecular formula is C11H15NO3. The Morgan fingerprint density at radius 3 is 3.00 bits per heavy atom. The van der Waals surface area contributed by atoms with E-state index >= 15 is 0 Å². The molecular weight excluding hydrogens is 194 g/mol. The molecule has 0 saturated carbocycles. The maximum atomic E-state index is 10.6. The van der Waals surface area contributed by atoms with E-state index in [2.05, 4.69) is 19.0 Å². The number of fused-ring (bicyclic) bond motifs is 1. The lowest BCUT2D eigenvalue weighted by Crippen LogP contribution is -2.22. The van der Waals surface area contributed by atoms with Crippen molar-refractivity contribution in [2.75, 3.05) is 0 Å². The highest BCUT2D eigenvalue weighted by Crippen LogP contribution is 2.35. The molecule has 0 aromatic carbocycles. The van der Waals surface area contributed by atoms with Crippen LogP contribution in [-0.4, -0.2) is 16.2 Å². The number of carboxylic acid groups (broad SMARTS) is 1. The lowest BCUT2D eigenvalue weighted by atomic mass is 9.76. The van der Waals surface area contributed by atoms with Crippen LogP contribution in [0.5, 0.6) is 0 Å². The summed E-state index contributed by atoms with van der Waals surface area (Å²) >= 11 is 0. The normalized spacial score (nSPS) is 18.5. The van der Waals surface area contributed by atoms with Crippen molar-refractivity contribution in [3.05, 3.63) is 17.0 Å². The van der Waals surface area contributed by atoms with E-state index in [0.29, 0.717) is 5.76 Å². The van der Waals surface area contributed by atoms with Crippen molar-refractivity contribution in [1.29, 1.82) is 0 Å². The lowest BCUT2D eigenvalue weighted by molar-refractivity contribution is -0.136. The smallest absolute Gasteiger partial charge is 0.311 e. The SMILES string of the molecule is CC1(C)CCc2c(noc2CC(=O)O)C1. The quantitative estimate of drug-likeness (QED) is 0.806. The number of hydrogen-bond acceptors (Lipinski definition) is 3. The van der Waals surface area contributed by atoms with E-state index in [0.717, 1.165) is 30.5 Å². The van der Waals surface area contributed by atoms with Crippen LogP contribution in [0.4, 0.5) is 0 Å². The molecule has 0 amide bonds. The molecule has 4 nitrogen and oxygen atoms in total. The minimum Gasteiger partial charge on any atom is -0.481 e. The molecule has 15 heavy (non-hydrogen) atoms. The first-order chi connectivity index (χ1) is 6.98. The van der Waals surface area contributed by atoms with Gasteiger partial charge in [-0.2, -0.15) is 0 Å². The van der Waals surface area contributed by atoms with Gasteiger partial charge < -0.3 is 9.63 Å². The van der Waals surface area contributed by atoms with E-state index in [1.165, 1.54) is 0 Å². The number of carbonyl (C=O) groups is 1. The number of hydrogen-bond donors (Lipinski definition) is 1. The van der Waals surface area contributed by atoms with Crippen LogP contribution in [0.15, 0.2) is 4.52 Å². The number of rotatable bonds is 2. The Morgan fingerprint density at radius 1 is 1.60 bits per heavy atom. The third-order valence-electron chi connectivity index (χ3n) is 2.96. The molecule has 0 aliphatic heterocycles. The molecule has 1 heterocycles. The molecule has 0 spiro atoms. The Morgan fingerprint density at radius 2 is 2.33 bits per heavy atom. The molecule has 0 radical (unpaired) electrons. The van der Waals surface area contributed by atoms with Gasteiger partial charge in [-0.25, -0.2) is 0 Å². The van der Waals surface area contributed by atoms with Crippen LogP contribution < -0.4 is 0 Å². The van der Waals surface area contributed by atoms with Crippen molar-refractivity contribution in [2.24, 2.45) is 5.41 Å². The van der Waals surface area contributed by atoms with Crippen LogP contribution >= 0.6 is 0 Å². The van der Waals surface area contributed by atoms with Crippen LogP contribution in [0.25, 0.3) is 0 Å². The zero-order valence-corrected chi connectivity index (χ0v) is 9.04. The molecule has 0 atom stereocenters. The van der Waals surface area contributed by atoms with Crippen LogP contribution in [0.1, 0.15) is 37.3 Å². The molecule has 4 heteroatoms. The number of nitrogens with zero attached hydrogens (tertiary/aromatic N) is 1. The Bertz CT molecular complexity index is 393. The molecule has 1 N–H and O–H groups in total. The summed E-state index contributed by atoms with van der Waals surface area (Å²) in [5.41, 5.74) is 2.23.